The summed E-state index contributed by atoms with van der Waals surface area (Å²) in [6.45, 7) is 5.76. The van der Waals surface area contributed by atoms with Crippen LogP contribution in [-0.4, -0.2) is 29.0 Å². The van der Waals surface area contributed by atoms with E-state index in [0.29, 0.717) is 12.5 Å². The number of nitrogens with one attached hydrogen (secondary N) is 1. The second-order valence-corrected chi connectivity index (χ2v) is 5.75. The fourth-order valence-corrected chi connectivity index (χ4v) is 2.35. The quantitative estimate of drug-likeness (QED) is 0.808. The van der Waals surface area contributed by atoms with Gasteiger partial charge in [-0.05, 0) is 31.4 Å². The lowest BCUT2D eigenvalue weighted by atomic mass is 9.90. The van der Waals surface area contributed by atoms with Gasteiger partial charge in [-0.1, -0.05) is 13.8 Å². The number of carbonyl (C=O) groups excluding carboxylic acids is 1. The van der Waals surface area contributed by atoms with Gasteiger partial charge in [-0.2, -0.15) is 0 Å². The number of alkyl halides is 2. The maximum absolute atomic E-state index is 12.4. The molecule has 20 heavy (non-hydrogen) atoms. The molecule has 0 aliphatic rings. The lowest BCUT2D eigenvalue weighted by Crippen LogP contribution is -2.52. The minimum Gasteiger partial charge on any atom is -0.344 e. The predicted molar refractivity (Wildman–Crippen MR) is 74.8 cm³/mol. The van der Waals surface area contributed by atoms with Crippen LogP contribution in [0.25, 0.3) is 0 Å². The molecule has 3 N–H and O–H groups in total. The minimum atomic E-state index is -2.49. The van der Waals surface area contributed by atoms with Gasteiger partial charge in [0.2, 0.25) is 0 Å². The lowest BCUT2D eigenvalue weighted by Gasteiger charge is -2.31. The van der Waals surface area contributed by atoms with Crippen molar-refractivity contribution >= 4 is 5.91 Å². The largest absolute Gasteiger partial charge is 0.344 e. The zero-order valence-corrected chi connectivity index (χ0v) is 12.2. The first kappa shape index (κ1) is 16.6. The highest BCUT2D eigenvalue weighted by molar-refractivity contribution is 5.93. The predicted octanol–water partition coefficient (Wildman–Crippen LogP) is 2.25. The van der Waals surface area contributed by atoms with Gasteiger partial charge in [-0.25, -0.2) is 8.78 Å². The molecule has 1 amide bonds. The van der Waals surface area contributed by atoms with E-state index in [0.717, 1.165) is 6.42 Å². The van der Waals surface area contributed by atoms with Crippen molar-refractivity contribution in [3.05, 3.63) is 24.0 Å². The fourth-order valence-electron chi connectivity index (χ4n) is 2.35. The molecule has 0 saturated carbocycles. The summed E-state index contributed by atoms with van der Waals surface area (Å²) >= 11 is 0. The van der Waals surface area contributed by atoms with Crippen molar-refractivity contribution < 1.29 is 13.6 Å². The van der Waals surface area contributed by atoms with Crippen molar-refractivity contribution in [2.24, 2.45) is 11.7 Å². The summed E-state index contributed by atoms with van der Waals surface area (Å²) < 4.78 is 26.1. The molecule has 0 saturated heterocycles. The molecule has 1 atom stereocenters. The molecule has 0 fully saturated rings. The Labute approximate surface area is 118 Å². The molecule has 0 aliphatic carbocycles. The van der Waals surface area contributed by atoms with Crippen molar-refractivity contribution in [1.82, 2.24) is 9.88 Å². The summed E-state index contributed by atoms with van der Waals surface area (Å²) in [5, 5.41) is 2.86. The Morgan fingerprint density at radius 1 is 1.50 bits per heavy atom. The molecule has 4 nitrogen and oxygen atoms in total. The van der Waals surface area contributed by atoms with E-state index in [-0.39, 0.29) is 11.6 Å². The molecule has 1 heterocycles. The Morgan fingerprint density at radius 3 is 2.65 bits per heavy atom. The highest BCUT2D eigenvalue weighted by atomic mass is 19.3. The average Bonchev–Trinajstić information content (AvgIpc) is 2.75. The van der Waals surface area contributed by atoms with Gasteiger partial charge >= 0.3 is 0 Å². The summed E-state index contributed by atoms with van der Waals surface area (Å²) in [5.74, 6) is 0.000879. The van der Waals surface area contributed by atoms with Crippen molar-refractivity contribution in [2.75, 3.05) is 6.54 Å². The third-order valence-corrected chi connectivity index (χ3v) is 3.12. The smallest absolute Gasteiger partial charge is 0.268 e. The molecule has 1 rings (SSSR count). The number of amides is 1. The van der Waals surface area contributed by atoms with Crippen molar-refractivity contribution in [1.29, 1.82) is 0 Å². The molecule has 1 aromatic heterocycles. The highest BCUT2D eigenvalue weighted by Gasteiger charge is 2.27. The number of nitrogens with zero attached hydrogens (tertiary/aromatic N) is 1. The molecule has 0 bridgehead atoms. The summed E-state index contributed by atoms with van der Waals surface area (Å²) in [6.07, 6.45) is -0.292. The highest BCUT2D eigenvalue weighted by Crippen LogP contribution is 2.16. The van der Waals surface area contributed by atoms with Gasteiger partial charge < -0.3 is 15.6 Å². The Bertz CT molecular complexity index is 445. The van der Waals surface area contributed by atoms with Gasteiger partial charge in [0.15, 0.2) is 0 Å². The van der Waals surface area contributed by atoms with E-state index in [1.807, 2.05) is 20.8 Å². The Hall–Kier alpha value is -1.43. The van der Waals surface area contributed by atoms with Crippen LogP contribution in [0.15, 0.2) is 18.3 Å². The molecule has 0 aromatic carbocycles. The average molecular weight is 287 g/mol. The number of hydrogen-bond acceptors (Lipinski definition) is 2. The minimum absolute atomic E-state index is 0.230. The molecular weight excluding hydrogens is 264 g/mol. The molecule has 0 aliphatic heterocycles. The Balaban J connectivity index is 2.82. The summed E-state index contributed by atoms with van der Waals surface area (Å²) in [5.41, 5.74) is 5.43. The van der Waals surface area contributed by atoms with Crippen LogP contribution in [0.4, 0.5) is 8.78 Å². The SMILES string of the molecule is CC(C)CC(C)(CN)NC(=O)c1cccn1CC(F)F. The second kappa shape index (κ2) is 6.83. The maximum atomic E-state index is 12.4. The first-order valence-corrected chi connectivity index (χ1v) is 6.73. The molecule has 114 valence electrons. The molecule has 6 heteroatoms. The van der Waals surface area contributed by atoms with Crippen LogP contribution >= 0.6 is 0 Å². The summed E-state index contributed by atoms with van der Waals surface area (Å²) in [7, 11) is 0. The van der Waals surface area contributed by atoms with E-state index in [4.69, 9.17) is 5.73 Å². The van der Waals surface area contributed by atoms with Crippen molar-refractivity contribution in [3.63, 3.8) is 0 Å². The van der Waals surface area contributed by atoms with E-state index in [1.54, 1.807) is 6.07 Å². The molecular formula is C14H23F2N3O. The van der Waals surface area contributed by atoms with E-state index >= 15 is 0 Å². The maximum Gasteiger partial charge on any atom is 0.268 e. The summed E-state index contributed by atoms with van der Waals surface area (Å²) in [4.78, 5) is 12.2. The topological polar surface area (TPSA) is 60.0 Å². The first-order chi connectivity index (χ1) is 9.27. The van der Waals surface area contributed by atoms with E-state index in [1.165, 1.54) is 16.8 Å². The van der Waals surface area contributed by atoms with Crippen molar-refractivity contribution in [2.45, 2.75) is 45.7 Å². The van der Waals surface area contributed by atoms with Gasteiger partial charge in [0.05, 0.1) is 12.1 Å². The van der Waals surface area contributed by atoms with Crippen LogP contribution in [0.5, 0.6) is 0 Å². The number of rotatable bonds is 7. The standard InChI is InChI=1S/C14H23F2N3O/c1-10(2)7-14(3,9-17)18-13(20)11-5-4-6-19(11)8-12(15)16/h4-6,10,12H,7-9,17H2,1-3H3,(H,18,20). The normalized spacial score (nSPS) is 14.6. The number of carbonyl (C=O) groups is 1. The zero-order valence-electron chi connectivity index (χ0n) is 12.2. The number of halogens is 2. The monoisotopic (exact) mass is 287 g/mol. The van der Waals surface area contributed by atoms with Crippen LogP contribution < -0.4 is 11.1 Å². The third kappa shape index (κ3) is 4.59. The van der Waals surface area contributed by atoms with Gasteiger partial charge in [0.1, 0.15) is 5.69 Å². The molecule has 1 unspecified atom stereocenters. The van der Waals surface area contributed by atoms with Gasteiger partial charge in [0.25, 0.3) is 12.3 Å². The van der Waals surface area contributed by atoms with E-state index < -0.39 is 18.5 Å². The lowest BCUT2D eigenvalue weighted by molar-refractivity contribution is 0.0876. The van der Waals surface area contributed by atoms with E-state index in [9.17, 15) is 13.6 Å². The number of hydrogen-bond donors (Lipinski definition) is 2. The van der Waals surface area contributed by atoms with Crippen LogP contribution in [0, 0.1) is 5.92 Å². The van der Waals surface area contributed by atoms with Crippen LogP contribution in [0.2, 0.25) is 0 Å². The number of aromatic nitrogens is 1. The Kier molecular flexibility index (Phi) is 5.68. The first-order valence-electron chi connectivity index (χ1n) is 6.73. The van der Waals surface area contributed by atoms with Gasteiger partial charge in [-0.3, -0.25) is 4.79 Å². The third-order valence-electron chi connectivity index (χ3n) is 3.12. The summed E-state index contributed by atoms with van der Waals surface area (Å²) in [6, 6.07) is 3.11. The molecule has 1 aromatic rings. The van der Waals surface area contributed by atoms with Crippen LogP contribution in [0.1, 0.15) is 37.7 Å². The fraction of sp³-hybridized carbons (Fsp3) is 0.643. The van der Waals surface area contributed by atoms with E-state index in [2.05, 4.69) is 5.32 Å². The second-order valence-electron chi connectivity index (χ2n) is 5.75. The van der Waals surface area contributed by atoms with Gasteiger partial charge in [0, 0.05) is 12.7 Å². The molecule has 0 radical (unpaired) electrons. The van der Waals surface area contributed by atoms with Crippen LogP contribution in [0.3, 0.4) is 0 Å². The molecule has 0 spiro atoms. The van der Waals surface area contributed by atoms with Crippen LogP contribution in [-0.2, 0) is 6.54 Å². The Morgan fingerprint density at radius 2 is 2.15 bits per heavy atom. The zero-order chi connectivity index (χ0) is 15.3. The number of nitrogens with two attached hydrogens (primary N) is 1. The van der Waals surface area contributed by atoms with Crippen molar-refractivity contribution in [3.8, 4) is 0 Å². The van der Waals surface area contributed by atoms with Gasteiger partial charge in [-0.15, -0.1) is 0 Å².